The van der Waals surface area contributed by atoms with Gasteiger partial charge in [-0.25, -0.2) is 8.42 Å². The number of carbonyl (C=O) groups excluding carboxylic acids is 1. The Hall–Kier alpha value is -3.12. The molecule has 0 aliphatic heterocycles. The van der Waals surface area contributed by atoms with Crippen molar-refractivity contribution in [2.24, 2.45) is 0 Å². The third-order valence-electron chi connectivity index (χ3n) is 4.29. The van der Waals surface area contributed by atoms with Crippen molar-refractivity contribution in [1.82, 2.24) is 5.32 Å². The maximum Gasteiger partial charge on any atom is 0.254 e. The van der Waals surface area contributed by atoms with Crippen LogP contribution in [0.15, 0.2) is 78.9 Å². The van der Waals surface area contributed by atoms with Crippen molar-refractivity contribution in [3.05, 3.63) is 101 Å². The molecule has 0 saturated carbocycles. The molecule has 0 fully saturated rings. The minimum Gasteiger partial charge on any atom is -0.341 e. The molecule has 28 heavy (non-hydrogen) atoms. The predicted molar refractivity (Wildman–Crippen MR) is 112 cm³/mol. The van der Waals surface area contributed by atoms with E-state index in [-0.39, 0.29) is 23.2 Å². The highest BCUT2D eigenvalue weighted by molar-refractivity contribution is 7.92. The van der Waals surface area contributed by atoms with Crippen LogP contribution < -0.4 is 10.0 Å². The molecule has 6 heteroatoms. The van der Waals surface area contributed by atoms with E-state index in [4.69, 9.17) is 0 Å². The summed E-state index contributed by atoms with van der Waals surface area (Å²) in [7, 11) is -3.50. The van der Waals surface area contributed by atoms with E-state index in [0.29, 0.717) is 0 Å². The topological polar surface area (TPSA) is 75.3 Å². The number of rotatable bonds is 6. The standard InChI is InChI=1S/C22H22N2O3S/c1-16-12-14-18(15-13-16)21(17-8-4-3-5-9-17)23-22(25)19-10-6-7-11-20(19)24-28(2,26)27/h3-15,21,24H,1-2H3,(H,23,25)/t21-/m0/s1. The van der Waals surface area contributed by atoms with E-state index in [0.717, 1.165) is 22.9 Å². The van der Waals surface area contributed by atoms with Gasteiger partial charge in [-0.2, -0.15) is 0 Å². The molecule has 1 amide bonds. The molecule has 0 aliphatic carbocycles. The predicted octanol–water partition coefficient (Wildman–Crippen LogP) is 3.89. The quantitative estimate of drug-likeness (QED) is 0.666. The minimum absolute atomic E-state index is 0.248. The van der Waals surface area contributed by atoms with Crippen LogP contribution in [0.1, 0.15) is 33.1 Å². The van der Waals surface area contributed by atoms with Crippen molar-refractivity contribution in [3.8, 4) is 0 Å². The number of nitrogens with one attached hydrogen (secondary N) is 2. The van der Waals surface area contributed by atoms with E-state index in [2.05, 4.69) is 10.0 Å². The van der Waals surface area contributed by atoms with Gasteiger partial charge < -0.3 is 5.32 Å². The highest BCUT2D eigenvalue weighted by Gasteiger charge is 2.20. The molecule has 0 heterocycles. The van der Waals surface area contributed by atoms with E-state index in [1.54, 1.807) is 24.3 Å². The van der Waals surface area contributed by atoms with E-state index in [9.17, 15) is 13.2 Å². The van der Waals surface area contributed by atoms with Crippen LogP contribution in [0.2, 0.25) is 0 Å². The van der Waals surface area contributed by atoms with Crippen LogP contribution in [0.25, 0.3) is 0 Å². The molecule has 3 aromatic carbocycles. The fourth-order valence-corrected chi connectivity index (χ4v) is 3.52. The number of benzene rings is 3. The molecule has 3 aromatic rings. The van der Waals surface area contributed by atoms with Crippen LogP contribution in [0.5, 0.6) is 0 Å². The second-order valence-corrected chi connectivity index (χ2v) is 8.40. The number of para-hydroxylation sites is 1. The first-order valence-electron chi connectivity index (χ1n) is 8.83. The largest absolute Gasteiger partial charge is 0.341 e. The second kappa shape index (κ2) is 8.27. The summed E-state index contributed by atoms with van der Waals surface area (Å²) < 4.78 is 25.7. The summed E-state index contributed by atoms with van der Waals surface area (Å²) in [6, 6.07) is 23.8. The fraction of sp³-hybridized carbons (Fsp3) is 0.136. The summed E-state index contributed by atoms with van der Waals surface area (Å²) in [6.45, 7) is 2.01. The number of aryl methyl sites for hydroxylation is 1. The van der Waals surface area contributed by atoms with E-state index in [1.165, 1.54) is 0 Å². The Morgan fingerprint density at radius 3 is 2.04 bits per heavy atom. The maximum atomic E-state index is 13.0. The number of anilines is 1. The normalized spacial score (nSPS) is 12.2. The van der Waals surface area contributed by atoms with Crippen molar-refractivity contribution in [2.75, 3.05) is 11.0 Å². The van der Waals surface area contributed by atoms with Crippen LogP contribution in [0, 0.1) is 6.92 Å². The average molecular weight is 394 g/mol. The Bertz CT molecular complexity index is 1060. The number of sulfonamides is 1. The molecule has 2 N–H and O–H groups in total. The summed E-state index contributed by atoms with van der Waals surface area (Å²) in [4.78, 5) is 13.0. The van der Waals surface area contributed by atoms with Gasteiger partial charge in [-0.05, 0) is 30.2 Å². The van der Waals surface area contributed by atoms with Gasteiger partial charge in [0.1, 0.15) is 0 Å². The van der Waals surface area contributed by atoms with E-state index in [1.807, 2.05) is 61.5 Å². The molecule has 0 unspecified atom stereocenters. The Kier molecular flexibility index (Phi) is 5.80. The lowest BCUT2D eigenvalue weighted by atomic mass is 9.97. The Labute approximate surface area is 165 Å². The van der Waals surface area contributed by atoms with Gasteiger partial charge in [0.25, 0.3) is 5.91 Å². The third kappa shape index (κ3) is 4.98. The molecule has 0 spiro atoms. The molecule has 5 nitrogen and oxygen atoms in total. The molecular formula is C22H22N2O3S. The van der Waals surface area contributed by atoms with Crippen LogP contribution in [-0.4, -0.2) is 20.6 Å². The van der Waals surface area contributed by atoms with Crippen LogP contribution in [0.4, 0.5) is 5.69 Å². The number of hydrogen-bond acceptors (Lipinski definition) is 3. The summed E-state index contributed by atoms with van der Waals surface area (Å²) in [5, 5.41) is 3.04. The zero-order valence-corrected chi connectivity index (χ0v) is 16.5. The summed E-state index contributed by atoms with van der Waals surface area (Å²) >= 11 is 0. The first-order chi connectivity index (χ1) is 13.3. The SMILES string of the molecule is Cc1ccc([C@@H](NC(=O)c2ccccc2NS(C)(=O)=O)c2ccccc2)cc1. The van der Waals surface area contributed by atoms with Gasteiger partial charge in [0.2, 0.25) is 10.0 Å². The zero-order chi connectivity index (χ0) is 20.1. The van der Waals surface area contributed by atoms with Crippen molar-refractivity contribution in [1.29, 1.82) is 0 Å². The Morgan fingerprint density at radius 1 is 0.821 bits per heavy atom. The highest BCUT2D eigenvalue weighted by atomic mass is 32.2. The molecule has 3 rings (SSSR count). The van der Waals surface area contributed by atoms with Gasteiger partial charge in [-0.15, -0.1) is 0 Å². The van der Waals surface area contributed by atoms with Gasteiger partial charge in [-0.1, -0.05) is 72.3 Å². The van der Waals surface area contributed by atoms with Crippen molar-refractivity contribution in [2.45, 2.75) is 13.0 Å². The first kappa shape index (κ1) is 19.6. The molecule has 0 bridgehead atoms. The van der Waals surface area contributed by atoms with Gasteiger partial charge in [0.15, 0.2) is 0 Å². The van der Waals surface area contributed by atoms with E-state index >= 15 is 0 Å². The lowest BCUT2D eigenvalue weighted by molar-refractivity contribution is 0.0944. The third-order valence-corrected chi connectivity index (χ3v) is 4.88. The number of carbonyl (C=O) groups is 1. The lowest BCUT2D eigenvalue weighted by Gasteiger charge is -2.21. The zero-order valence-electron chi connectivity index (χ0n) is 15.7. The average Bonchev–Trinajstić information content (AvgIpc) is 2.67. The minimum atomic E-state index is -3.50. The lowest BCUT2D eigenvalue weighted by Crippen LogP contribution is -2.30. The molecule has 0 aromatic heterocycles. The smallest absolute Gasteiger partial charge is 0.254 e. The maximum absolute atomic E-state index is 13.0. The molecule has 0 radical (unpaired) electrons. The molecule has 144 valence electrons. The first-order valence-corrected chi connectivity index (χ1v) is 10.7. The Morgan fingerprint density at radius 2 is 1.39 bits per heavy atom. The monoisotopic (exact) mass is 394 g/mol. The summed E-state index contributed by atoms with van der Waals surface area (Å²) in [5.74, 6) is -0.360. The van der Waals surface area contributed by atoms with Crippen LogP contribution in [-0.2, 0) is 10.0 Å². The van der Waals surface area contributed by atoms with Crippen LogP contribution >= 0.6 is 0 Å². The van der Waals surface area contributed by atoms with Crippen LogP contribution in [0.3, 0.4) is 0 Å². The highest BCUT2D eigenvalue weighted by Crippen LogP contribution is 2.24. The van der Waals surface area contributed by atoms with Gasteiger partial charge in [0, 0.05) is 0 Å². The Balaban J connectivity index is 1.96. The number of amides is 1. The van der Waals surface area contributed by atoms with Gasteiger partial charge >= 0.3 is 0 Å². The molecule has 1 atom stereocenters. The van der Waals surface area contributed by atoms with Crippen molar-refractivity contribution >= 4 is 21.6 Å². The van der Waals surface area contributed by atoms with E-state index < -0.39 is 10.0 Å². The second-order valence-electron chi connectivity index (χ2n) is 6.65. The van der Waals surface area contributed by atoms with Gasteiger partial charge in [0.05, 0.1) is 23.5 Å². The van der Waals surface area contributed by atoms with Gasteiger partial charge in [-0.3, -0.25) is 9.52 Å². The summed E-state index contributed by atoms with van der Waals surface area (Å²) in [5.41, 5.74) is 3.52. The molecule has 0 saturated heterocycles. The van der Waals surface area contributed by atoms with Crippen molar-refractivity contribution in [3.63, 3.8) is 0 Å². The molecule has 0 aliphatic rings. The van der Waals surface area contributed by atoms with Crippen molar-refractivity contribution < 1.29 is 13.2 Å². The number of hydrogen-bond donors (Lipinski definition) is 2. The fourth-order valence-electron chi connectivity index (χ4n) is 2.94. The summed E-state index contributed by atoms with van der Waals surface area (Å²) in [6.07, 6.45) is 1.06. The molecular weight excluding hydrogens is 372 g/mol.